The highest BCUT2D eigenvalue weighted by Gasteiger charge is 2.26. The van der Waals surface area contributed by atoms with E-state index in [1.54, 1.807) is 12.5 Å². The predicted molar refractivity (Wildman–Crippen MR) is 106 cm³/mol. The monoisotopic (exact) mass is 378 g/mol. The molecule has 1 fully saturated rings. The summed E-state index contributed by atoms with van der Waals surface area (Å²) < 4.78 is 3.35. The van der Waals surface area contributed by atoms with Gasteiger partial charge in [0.05, 0.1) is 23.9 Å². The van der Waals surface area contributed by atoms with Gasteiger partial charge in [-0.3, -0.25) is 14.4 Å². The number of aryl methyl sites for hydroxylation is 1. The van der Waals surface area contributed by atoms with Gasteiger partial charge in [-0.1, -0.05) is 12.1 Å². The van der Waals surface area contributed by atoms with Gasteiger partial charge in [-0.25, -0.2) is 4.98 Å². The summed E-state index contributed by atoms with van der Waals surface area (Å²) in [5.74, 6) is -0.0850. The van der Waals surface area contributed by atoms with Gasteiger partial charge in [0.1, 0.15) is 5.56 Å². The topological polar surface area (TPSA) is 86.0 Å². The Balaban J connectivity index is 1.80. The molecule has 7 heteroatoms. The van der Waals surface area contributed by atoms with Crippen LogP contribution in [0.5, 0.6) is 0 Å². The molecule has 7 nitrogen and oxygen atoms in total. The van der Waals surface area contributed by atoms with Crippen LogP contribution >= 0.6 is 0 Å². The molecule has 0 radical (unpaired) electrons. The number of nitrogens with one attached hydrogen (secondary N) is 1. The van der Waals surface area contributed by atoms with E-state index >= 15 is 0 Å². The molecule has 1 aromatic carbocycles. The maximum atomic E-state index is 12.9. The van der Waals surface area contributed by atoms with Crippen molar-refractivity contribution in [2.45, 2.75) is 25.8 Å². The van der Waals surface area contributed by atoms with Crippen molar-refractivity contribution in [2.75, 3.05) is 7.05 Å². The molecule has 3 aromatic rings. The smallest absolute Gasteiger partial charge is 0.263 e. The van der Waals surface area contributed by atoms with Crippen LogP contribution in [0.1, 0.15) is 45.5 Å². The summed E-state index contributed by atoms with van der Waals surface area (Å²) in [4.78, 5) is 42.1. The molecular formula is C21H22N4O3. The van der Waals surface area contributed by atoms with Gasteiger partial charge in [0, 0.05) is 32.3 Å². The molecule has 0 aliphatic heterocycles. The summed E-state index contributed by atoms with van der Waals surface area (Å²) in [5, 5.41) is 2.49. The van der Waals surface area contributed by atoms with Crippen molar-refractivity contribution in [2.24, 2.45) is 13.0 Å². The third-order valence-electron chi connectivity index (χ3n) is 5.21. The first-order valence-corrected chi connectivity index (χ1v) is 9.36. The van der Waals surface area contributed by atoms with E-state index in [4.69, 9.17) is 0 Å². The Morgan fingerprint density at radius 3 is 2.79 bits per heavy atom. The highest BCUT2D eigenvalue weighted by Crippen LogP contribution is 2.33. The summed E-state index contributed by atoms with van der Waals surface area (Å²) in [5.41, 5.74) is 2.63. The van der Waals surface area contributed by atoms with Crippen LogP contribution in [-0.2, 0) is 13.6 Å². The van der Waals surface area contributed by atoms with Crippen LogP contribution in [0.2, 0.25) is 0 Å². The van der Waals surface area contributed by atoms with Crippen molar-refractivity contribution in [3.05, 3.63) is 63.8 Å². The van der Waals surface area contributed by atoms with Crippen LogP contribution in [0.3, 0.4) is 0 Å². The molecule has 2 heterocycles. The van der Waals surface area contributed by atoms with Crippen molar-refractivity contribution in [1.29, 1.82) is 0 Å². The number of benzene rings is 1. The summed E-state index contributed by atoms with van der Waals surface area (Å²) >= 11 is 0. The van der Waals surface area contributed by atoms with Crippen molar-refractivity contribution in [1.82, 2.24) is 19.4 Å². The molecule has 1 amide bonds. The Bertz CT molecular complexity index is 1140. The maximum absolute atomic E-state index is 12.9. The Morgan fingerprint density at radius 1 is 1.29 bits per heavy atom. The van der Waals surface area contributed by atoms with Crippen molar-refractivity contribution in [3.8, 4) is 0 Å². The normalized spacial score (nSPS) is 13.6. The molecule has 1 N–H and O–H groups in total. The first kappa shape index (κ1) is 18.2. The number of imidazole rings is 1. The number of Topliss-reactive ketones (excluding diaryl/α,β-unsaturated/α-hetero) is 1. The number of rotatable bonds is 6. The molecule has 0 spiro atoms. The number of hydrogen-bond acceptors (Lipinski definition) is 4. The molecule has 1 saturated carbocycles. The summed E-state index contributed by atoms with van der Waals surface area (Å²) in [6.45, 7) is 0.254. The van der Waals surface area contributed by atoms with Crippen LogP contribution in [-0.4, -0.2) is 32.9 Å². The van der Waals surface area contributed by atoms with Crippen molar-refractivity contribution < 1.29 is 9.59 Å². The number of hydrogen-bond donors (Lipinski definition) is 1. The molecule has 0 bridgehead atoms. The number of aromatic nitrogens is 3. The number of nitrogens with zero attached hydrogens (tertiary/aromatic N) is 3. The van der Waals surface area contributed by atoms with E-state index in [2.05, 4.69) is 10.3 Å². The summed E-state index contributed by atoms with van der Waals surface area (Å²) in [7, 11) is 3.37. The van der Waals surface area contributed by atoms with Gasteiger partial charge in [-0.15, -0.1) is 0 Å². The fourth-order valence-corrected chi connectivity index (χ4v) is 3.51. The molecule has 28 heavy (non-hydrogen) atoms. The van der Waals surface area contributed by atoms with Gasteiger partial charge >= 0.3 is 0 Å². The Labute approximate surface area is 162 Å². The first-order valence-electron chi connectivity index (χ1n) is 9.36. The lowest BCUT2D eigenvalue weighted by Crippen LogP contribution is -2.32. The lowest BCUT2D eigenvalue weighted by Gasteiger charge is -2.12. The number of ketones is 1. The fraction of sp³-hybridized carbons (Fsp3) is 0.333. The largest absolute Gasteiger partial charge is 0.355 e. The van der Waals surface area contributed by atoms with Crippen LogP contribution in [0.15, 0.2) is 41.6 Å². The Hall–Kier alpha value is -3.22. The summed E-state index contributed by atoms with van der Waals surface area (Å²) in [6, 6.07) is 7.15. The number of para-hydroxylation sites is 1. The van der Waals surface area contributed by atoms with Crippen molar-refractivity contribution >= 4 is 22.7 Å². The molecule has 0 saturated heterocycles. The molecule has 0 atom stereocenters. The molecule has 144 valence electrons. The molecule has 1 aliphatic rings. The Kier molecular flexibility index (Phi) is 4.58. The lowest BCUT2D eigenvalue weighted by atomic mass is 10.0. The van der Waals surface area contributed by atoms with Crippen LogP contribution in [0, 0.1) is 5.92 Å². The van der Waals surface area contributed by atoms with Gasteiger partial charge < -0.3 is 14.5 Å². The number of pyridine rings is 1. The average Bonchev–Trinajstić information content (AvgIpc) is 3.43. The van der Waals surface area contributed by atoms with E-state index in [9.17, 15) is 14.4 Å². The number of fused-ring (bicyclic) bond motifs is 1. The number of amides is 1. The second-order valence-electron chi connectivity index (χ2n) is 7.37. The van der Waals surface area contributed by atoms with Crippen LogP contribution in [0.25, 0.3) is 11.0 Å². The molecular weight excluding hydrogens is 356 g/mol. The zero-order valence-corrected chi connectivity index (χ0v) is 15.9. The zero-order chi connectivity index (χ0) is 19.8. The highest BCUT2D eigenvalue weighted by atomic mass is 16.2. The second kappa shape index (κ2) is 7.07. The van der Waals surface area contributed by atoms with Crippen molar-refractivity contribution in [3.63, 3.8) is 0 Å². The average molecular weight is 378 g/mol. The molecule has 1 aliphatic carbocycles. The van der Waals surface area contributed by atoms with E-state index < -0.39 is 11.5 Å². The minimum atomic E-state index is -0.487. The molecule has 2 aromatic heterocycles. The van der Waals surface area contributed by atoms with Crippen LogP contribution in [0.4, 0.5) is 0 Å². The third-order valence-corrected chi connectivity index (χ3v) is 5.21. The SMILES string of the molecule is CNC(=O)c1cc(C(=O)CC2CC2)cn(Cc2cccc3ncn(C)c23)c1=O. The van der Waals surface area contributed by atoms with E-state index in [1.807, 2.05) is 29.8 Å². The lowest BCUT2D eigenvalue weighted by molar-refractivity contribution is 0.0961. The quantitative estimate of drug-likeness (QED) is 0.666. The number of carbonyl (C=O) groups is 2. The van der Waals surface area contributed by atoms with Gasteiger partial charge in [0.15, 0.2) is 5.78 Å². The number of carbonyl (C=O) groups excluding carboxylic acids is 2. The third kappa shape index (κ3) is 3.35. The van der Waals surface area contributed by atoms with Gasteiger partial charge in [0.2, 0.25) is 0 Å². The zero-order valence-electron chi connectivity index (χ0n) is 15.9. The van der Waals surface area contributed by atoms with Gasteiger partial charge in [0.25, 0.3) is 11.5 Å². The predicted octanol–water partition coefficient (Wildman–Crippen LogP) is 2.13. The minimum Gasteiger partial charge on any atom is -0.355 e. The first-order chi connectivity index (χ1) is 13.5. The van der Waals surface area contributed by atoms with E-state index in [0.717, 1.165) is 29.4 Å². The van der Waals surface area contributed by atoms with E-state index in [0.29, 0.717) is 17.9 Å². The van der Waals surface area contributed by atoms with E-state index in [-0.39, 0.29) is 17.9 Å². The minimum absolute atomic E-state index is 0.0127. The maximum Gasteiger partial charge on any atom is 0.263 e. The van der Waals surface area contributed by atoms with Crippen LogP contribution < -0.4 is 10.9 Å². The van der Waals surface area contributed by atoms with Gasteiger partial charge in [-0.05, 0) is 36.5 Å². The standard InChI is InChI=1S/C21H22N4O3/c1-22-20(27)16-9-15(18(26)8-13-6-7-13)11-25(21(16)28)10-14-4-3-5-17-19(14)24(2)12-23-17/h3-5,9,11-13H,6-8,10H2,1-2H3,(H,22,27). The van der Waals surface area contributed by atoms with E-state index in [1.165, 1.54) is 17.7 Å². The summed E-state index contributed by atoms with van der Waals surface area (Å²) in [6.07, 6.45) is 5.90. The molecule has 0 unspecified atom stereocenters. The van der Waals surface area contributed by atoms with Gasteiger partial charge in [-0.2, -0.15) is 0 Å². The second-order valence-corrected chi connectivity index (χ2v) is 7.37. The Morgan fingerprint density at radius 2 is 2.07 bits per heavy atom. The molecule has 4 rings (SSSR count). The fourth-order valence-electron chi connectivity index (χ4n) is 3.51. The highest BCUT2D eigenvalue weighted by molar-refractivity contribution is 6.00.